The Kier molecular flexibility index (Phi) is 7.61. The van der Waals surface area contributed by atoms with Crippen LogP contribution in [-0.2, 0) is 21.4 Å². The van der Waals surface area contributed by atoms with E-state index in [2.05, 4.69) is 33.7 Å². The largest absolute Gasteiger partial charge is 0.482 e. The smallest absolute Gasteiger partial charge is 0.262 e. The minimum Gasteiger partial charge on any atom is -0.482 e. The molecule has 0 saturated carbocycles. The maximum Gasteiger partial charge on any atom is 0.262 e. The number of hydrogen-bond acceptors (Lipinski definition) is 4. The summed E-state index contributed by atoms with van der Waals surface area (Å²) in [6.45, 7) is 4.42. The average molecular weight is 562 g/mol. The number of anilines is 1. The van der Waals surface area contributed by atoms with Crippen LogP contribution in [0.2, 0.25) is 5.02 Å². The molecule has 4 aromatic carbocycles. The van der Waals surface area contributed by atoms with Gasteiger partial charge in [-0.05, 0) is 61.9 Å². The molecule has 0 radical (unpaired) electrons. The highest BCUT2D eigenvalue weighted by Crippen LogP contribution is 2.31. The quantitative estimate of drug-likeness (QED) is 0.214. The summed E-state index contributed by atoms with van der Waals surface area (Å²) >= 11 is 6.32. The van der Waals surface area contributed by atoms with E-state index in [1.165, 1.54) is 18.2 Å². The van der Waals surface area contributed by atoms with Crippen LogP contribution in [0.15, 0.2) is 95.9 Å². The van der Waals surface area contributed by atoms with E-state index in [9.17, 15) is 13.2 Å². The molecule has 5 aromatic rings. The first kappa shape index (κ1) is 26.7. The molecule has 1 heterocycles. The molecule has 1 aromatic heterocycles. The third-order valence-corrected chi connectivity index (χ3v) is 8.41. The van der Waals surface area contributed by atoms with Gasteiger partial charge in [0.2, 0.25) is 10.0 Å². The predicted octanol–water partition coefficient (Wildman–Crippen LogP) is 6.52. The first-order valence-electron chi connectivity index (χ1n) is 12.6. The second kappa shape index (κ2) is 11.1. The zero-order valence-corrected chi connectivity index (χ0v) is 23.1. The molecule has 1 atom stereocenters. The van der Waals surface area contributed by atoms with Crippen molar-refractivity contribution in [1.29, 1.82) is 0 Å². The Bertz CT molecular complexity index is 1770. The predicted molar refractivity (Wildman–Crippen MR) is 156 cm³/mol. The Balaban J connectivity index is 1.25. The monoisotopic (exact) mass is 561 g/mol. The van der Waals surface area contributed by atoms with Gasteiger partial charge in [0.1, 0.15) is 5.75 Å². The summed E-state index contributed by atoms with van der Waals surface area (Å²) in [6.07, 6.45) is 0. The van der Waals surface area contributed by atoms with Gasteiger partial charge in [-0.1, -0.05) is 60.1 Å². The van der Waals surface area contributed by atoms with E-state index in [1.54, 1.807) is 6.92 Å². The van der Waals surface area contributed by atoms with Crippen molar-refractivity contribution in [1.82, 2.24) is 9.29 Å². The number of carbonyl (C=O) groups is 1. The molecule has 0 bridgehead atoms. The van der Waals surface area contributed by atoms with Crippen molar-refractivity contribution >= 4 is 55.0 Å². The molecule has 7 nitrogen and oxygen atoms in total. The van der Waals surface area contributed by atoms with Crippen LogP contribution in [0.25, 0.3) is 21.8 Å². The Morgan fingerprint density at radius 3 is 2.38 bits per heavy atom. The molecule has 0 aliphatic heterocycles. The number of aromatic nitrogens is 1. The number of para-hydroxylation sites is 1. The van der Waals surface area contributed by atoms with Gasteiger partial charge < -0.3 is 14.6 Å². The van der Waals surface area contributed by atoms with Gasteiger partial charge in [-0.25, -0.2) is 13.1 Å². The summed E-state index contributed by atoms with van der Waals surface area (Å²) in [5.41, 5.74) is 3.74. The summed E-state index contributed by atoms with van der Waals surface area (Å²) in [6, 6.07) is 27.0. The molecule has 0 saturated heterocycles. The lowest BCUT2D eigenvalue weighted by molar-refractivity contribution is -0.118. The molecule has 2 N–H and O–H groups in total. The van der Waals surface area contributed by atoms with Crippen LogP contribution >= 0.6 is 11.6 Å². The zero-order chi connectivity index (χ0) is 27.6. The first-order valence-corrected chi connectivity index (χ1v) is 14.4. The summed E-state index contributed by atoms with van der Waals surface area (Å²) in [5, 5.41) is 5.13. The van der Waals surface area contributed by atoms with Crippen molar-refractivity contribution in [3.05, 3.63) is 102 Å². The fraction of sp³-hybridized carbons (Fsp3) is 0.167. The Hall–Kier alpha value is -3.85. The van der Waals surface area contributed by atoms with E-state index >= 15 is 0 Å². The number of amides is 1. The van der Waals surface area contributed by atoms with Gasteiger partial charge in [0, 0.05) is 40.1 Å². The van der Waals surface area contributed by atoms with Crippen LogP contribution in [0.4, 0.5) is 5.69 Å². The van der Waals surface area contributed by atoms with Gasteiger partial charge in [-0.2, -0.15) is 0 Å². The van der Waals surface area contributed by atoms with Gasteiger partial charge in [-0.15, -0.1) is 0 Å². The summed E-state index contributed by atoms with van der Waals surface area (Å²) in [7, 11) is -3.82. The lowest BCUT2D eigenvalue weighted by Crippen LogP contribution is -2.27. The highest BCUT2D eigenvalue weighted by Gasteiger charge is 2.20. The lowest BCUT2D eigenvalue weighted by Gasteiger charge is -2.15. The van der Waals surface area contributed by atoms with E-state index in [0.717, 1.165) is 33.9 Å². The SMILES string of the molecule is CCn1c2ccccc2c2cc(NC(=O)COc3ccc(S(=O)(=O)N[C@H](C)c4ccccc4)cc3Cl)ccc21. The number of nitrogens with zero attached hydrogens (tertiary/aromatic N) is 1. The summed E-state index contributed by atoms with van der Waals surface area (Å²) in [5.74, 6) is -0.150. The fourth-order valence-corrected chi connectivity index (χ4v) is 6.25. The third kappa shape index (κ3) is 5.63. The first-order chi connectivity index (χ1) is 18.8. The van der Waals surface area contributed by atoms with Crippen molar-refractivity contribution in [2.24, 2.45) is 0 Å². The highest BCUT2D eigenvalue weighted by atomic mass is 35.5. The number of carbonyl (C=O) groups excluding carboxylic acids is 1. The van der Waals surface area contributed by atoms with E-state index in [0.29, 0.717) is 5.69 Å². The molecule has 0 unspecified atom stereocenters. The number of hydrogen-bond donors (Lipinski definition) is 2. The summed E-state index contributed by atoms with van der Waals surface area (Å²) in [4.78, 5) is 12.7. The molecular weight excluding hydrogens is 534 g/mol. The van der Waals surface area contributed by atoms with E-state index in [4.69, 9.17) is 16.3 Å². The standard InChI is InChI=1S/C30H28ClN3O4S/c1-3-34-27-12-8-7-11-24(27)25-17-22(13-15-28(25)34)32-30(35)19-38-29-16-14-23(18-26(29)31)39(36,37)33-20(2)21-9-5-4-6-10-21/h4-18,20,33H,3,19H2,1-2H3,(H,32,35)/t20-/m1/s1. The number of nitrogens with one attached hydrogen (secondary N) is 2. The van der Waals surface area contributed by atoms with E-state index < -0.39 is 16.1 Å². The minimum absolute atomic E-state index is 0.00614. The van der Waals surface area contributed by atoms with Crippen LogP contribution in [0, 0.1) is 0 Å². The molecule has 0 aliphatic rings. The van der Waals surface area contributed by atoms with E-state index in [-0.39, 0.29) is 28.2 Å². The number of rotatable bonds is 9. The van der Waals surface area contributed by atoms with Crippen LogP contribution in [-0.4, -0.2) is 25.5 Å². The molecule has 39 heavy (non-hydrogen) atoms. The van der Waals surface area contributed by atoms with Gasteiger partial charge >= 0.3 is 0 Å². The zero-order valence-electron chi connectivity index (χ0n) is 21.5. The van der Waals surface area contributed by atoms with Crippen LogP contribution in [0.3, 0.4) is 0 Å². The van der Waals surface area contributed by atoms with Gasteiger partial charge in [0.25, 0.3) is 5.91 Å². The molecule has 5 rings (SSSR count). The van der Waals surface area contributed by atoms with Crippen molar-refractivity contribution in [3.8, 4) is 5.75 Å². The molecule has 1 amide bonds. The minimum atomic E-state index is -3.82. The number of halogens is 1. The van der Waals surface area contributed by atoms with Crippen LogP contribution in [0.5, 0.6) is 5.75 Å². The molecule has 0 aliphatic carbocycles. The van der Waals surface area contributed by atoms with Crippen molar-refractivity contribution < 1.29 is 17.9 Å². The van der Waals surface area contributed by atoms with Gasteiger partial charge in [0.05, 0.1) is 9.92 Å². The van der Waals surface area contributed by atoms with Crippen LogP contribution < -0.4 is 14.8 Å². The van der Waals surface area contributed by atoms with Crippen molar-refractivity contribution in [3.63, 3.8) is 0 Å². The molecule has 9 heteroatoms. The lowest BCUT2D eigenvalue weighted by atomic mass is 10.1. The van der Waals surface area contributed by atoms with Crippen molar-refractivity contribution in [2.45, 2.75) is 31.3 Å². The van der Waals surface area contributed by atoms with Gasteiger partial charge in [-0.3, -0.25) is 4.79 Å². The second-order valence-corrected chi connectivity index (χ2v) is 11.3. The molecule has 200 valence electrons. The molecular formula is C30H28ClN3O4S. The third-order valence-electron chi connectivity index (χ3n) is 6.58. The van der Waals surface area contributed by atoms with Gasteiger partial charge in [0.15, 0.2) is 6.61 Å². The second-order valence-electron chi connectivity index (χ2n) is 9.18. The maximum atomic E-state index is 12.9. The Morgan fingerprint density at radius 1 is 0.923 bits per heavy atom. The number of fused-ring (bicyclic) bond motifs is 3. The number of benzene rings is 4. The number of ether oxygens (including phenoxy) is 1. The average Bonchev–Trinajstić information content (AvgIpc) is 3.25. The Labute approximate surface area is 232 Å². The maximum absolute atomic E-state index is 12.9. The summed E-state index contributed by atoms with van der Waals surface area (Å²) < 4.78 is 36.2. The number of aryl methyl sites for hydroxylation is 1. The number of sulfonamides is 1. The topological polar surface area (TPSA) is 89.4 Å². The van der Waals surface area contributed by atoms with E-state index in [1.807, 2.05) is 60.7 Å². The van der Waals surface area contributed by atoms with Crippen molar-refractivity contribution in [2.75, 3.05) is 11.9 Å². The molecule has 0 fully saturated rings. The normalized spacial score (nSPS) is 12.5. The Morgan fingerprint density at radius 2 is 1.64 bits per heavy atom. The molecule has 0 spiro atoms. The fourth-order valence-electron chi connectivity index (χ4n) is 4.69. The van der Waals surface area contributed by atoms with Crippen LogP contribution in [0.1, 0.15) is 25.5 Å². The highest BCUT2D eigenvalue weighted by molar-refractivity contribution is 7.89.